The van der Waals surface area contributed by atoms with Crippen LogP contribution >= 0.6 is 11.6 Å². The standard InChI is InChI=1S/C22H18ClF3N2O3/c1-2-11-10-21(31,22(24,25)26)20(14-8-15(23)18(29)9-13(11)14)28-17-5-3-4-16-12(17)6-7-19(30)27-16/h2-9,20,28-29,31H,10H2,1H3,(H,27,30)/b11-2+. The average Bonchev–Trinajstić information content (AvgIpc) is 2.70. The van der Waals surface area contributed by atoms with Gasteiger partial charge in [-0.25, -0.2) is 0 Å². The molecule has 1 aliphatic carbocycles. The Morgan fingerprint density at radius 1 is 1.26 bits per heavy atom. The van der Waals surface area contributed by atoms with Gasteiger partial charge in [0.1, 0.15) is 5.75 Å². The molecule has 0 aliphatic heterocycles. The van der Waals surface area contributed by atoms with Crippen LogP contribution in [0, 0.1) is 0 Å². The first-order chi connectivity index (χ1) is 14.5. The highest BCUT2D eigenvalue weighted by molar-refractivity contribution is 6.32. The number of nitrogens with one attached hydrogen (secondary N) is 2. The van der Waals surface area contributed by atoms with Crippen molar-refractivity contribution in [3.05, 3.63) is 75.0 Å². The van der Waals surface area contributed by atoms with Crippen LogP contribution in [0.3, 0.4) is 0 Å². The molecule has 0 fully saturated rings. The number of phenols is 1. The van der Waals surface area contributed by atoms with E-state index in [0.29, 0.717) is 22.2 Å². The molecule has 162 valence electrons. The minimum Gasteiger partial charge on any atom is -0.506 e. The van der Waals surface area contributed by atoms with Crippen molar-refractivity contribution in [2.45, 2.75) is 31.2 Å². The summed E-state index contributed by atoms with van der Waals surface area (Å²) in [6, 6.07) is 8.44. The molecule has 31 heavy (non-hydrogen) atoms. The fourth-order valence-corrected chi connectivity index (χ4v) is 4.20. The number of phenolic OH excluding ortho intramolecular Hbond substituents is 1. The van der Waals surface area contributed by atoms with Crippen molar-refractivity contribution in [2.75, 3.05) is 5.32 Å². The Hall–Kier alpha value is -2.97. The van der Waals surface area contributed by atoms with E-state index in [2.05, 4.69) is 10.3 Å². The first-order valence-electron chi connectivity index (χ1n) is 9.41. The highest BCUT2D eigenvalue weighted by atomic mass is 35.5. The maximum atomic E-state index is 14.2. The summed E-state index contributed by atoms with van der Waals surface area (Å²) in [5.74, 6) is -0.265. The minimum absolute atomic E-state index is 0.100. The maximum Gasteiger partial charge on any atom is 0.419 e. The van der Waals surface area contributed by atoms with E-state index in [1.54, 1.807) is 25.1 Å². The number of aromatic hydroxyl groups is 1. The summed E-state index contributed by atoms with van der Waals surface area (Å²) < 4.78 is 42.5. The van der Waals surface area contributed by atoms with Gasteiger partial charge in [-0.3, -0.25) is 4.79 Å². The van der Waals surface area contributed by atoms with Crippen LogP contribution in [0.15, 0.2) is 53.3 Å². The molecule has 0 bridgehead atoms. The minimum atomic E-state index is -4.97. The first-order valence-corrected chi connectivity index (χ1v) is 9.78. The molecule has 2 unspecified atom stereocenters. The molecule has 3 aromatic rings. The molecule has 2 aromatic carbocycles. The van der Waals surface area contributed by atoms with Crippen molar-refractivity contribution in [3.8, 4) is 5.75 Å². The number of pyridine rings is 1. The lowest BCUT2D eigenvalue weighted by molar-refractivity contribution is -0.265. The number of alkyl halides is 3. The molecule has 0 saturated heterocycles. The molecule has 0 spiro atoms. The van der Waals surface area contributed by atoms with Crippen LogP contribution in [0.1, 0.15) is 30.5 Å². The highest BCUT2D eigenvalue weighted by Crippen LogP contribution is 2.53. The zero-order valence-corrected chi connectivity index (χ0v) is 17.0. The molecular weight excluding hydrogens is 433 g/mol. The summed E-state index contributed by atoms with van der Waals surface area (Å²) >= 11 is 6.02. The smallest absolute Gasteiger partial charge is 0.419 e. The number of halogens is 4. The lowest BCUT2D eigenvalue weighted by Gasteiger charge is -2.44. The first kappa shape index (κ1) is 21.3. The Balaban J connectivity index is 1.96. The molecule has 0 saturated carbocycles. The summed E-state index contributed by atoms with van der Waals surface area (Å²) in [7, 11) is 0. The number of fused-ring (bicyclic) bond motifs is 2. The summed E-state index contributed by atoms with van der Waals surface area (Å²) in [5, 5.41) is 24.2. The van der Waals surface area contributed by atoms with E-state index < -0.39 is 24.2 Å². The summed E-state index contributed by atoms with van der Waals surface area (Å²) in [4.78, 5) is 14.2. The number of hydrogen-bond acceptors (Lipinski definition) is 4. The van der Waals surface area contributed by atoms with Crippen molar-refractivity contribution >= 4 is 33.8 Å². The summed E-state index contributed by atoms with van der Waals surface area (Å²) in [6.07, 6.45) is -4.21. The van der Waals surface area contributed by atoms with Crippen LogP contribution in [-0.4, -0.2) is 27.0 Å². The van der Waals surface area contributed by atoms with Gasteiger partial charge in [-0.2, -0.15) is 13.2 Å². The topological polar surface area (TPSA) is 85.4 Å². The van der Waals surface area contributed by atoms with E-state index in [9.17, 15) is 28.2 Å². The van der Waals surface area contributed by atoms with E-state index in [-0.39, 0.29) is 27.5 Å². The van der Waals surface area contributed by atoms with Crippen LogP contribution < -0.4 is 10.9 Å². The molecule has 2 atom stereocenters. The van der Waals surface area contributed by atoms with Crippen molar-refractivity contribution in [3.63, 3.8) is 0 Å². The normalized spacial score (nSPS) is 22.5. The van der Waals surface area contributed by atoms with Crippen molar-refractivity contribution in [1.82, 2.24) is 4.98 Å². The van der Waals surface area contributed by atoms with E-state index in [1.807, 2.05) is 0 Å². The Morgan fingerprint density at radius 3 is 2.68 bits per heavy atom. The van der Waals surface area contributed by atoms with Gasteiger partial charge in [0.25, 0.3) is 0 Å². The number of H-pyrrole nitrogens is 1. The Kier molecular flexibility index (Phi) is 5.02. The van der Waals surface area contributed by atoms with Gasteiger partial charge < -0.3 is 20.5 Å². The molecule has 0 radical (unpaired) electrons. The molecule has 0 amide bonds. The van der Waals surface area contributed by atoms with Crippen LogP contribution in [0.25, 0.3) is 16.5 Å². The number of anilines is 1. The van der Waals surface area contributed by atoms with Gasteiger partial charge in [-0.05, 0) is 54.0 Å². The Bertz CT molecular complexity index is 1270. The monoisotopic (exact) mass is 450 g/mol. The van der Waals surface area contributed by atoms with Crippen molar-refractivity contribution < 1.29 is 23.4 Å². The van der Waals surface area contributed by atoms with E-state index >= 15 is 0 Å². The third-order valence-corrected chi connectivity index (χ3v) is 5.92. The molecule has 5 nitrogen and oxygen atoms in total. The Labute approximate surface area is 179 Å². The van der Waals surface area contributed by atoms with E-state index in [4.69, 9.17) is 11.6 Å². The number of aromatic nitrogens is 1. The van der Waals surface area contributed by atoms with Gasteiger partial charge >= 0.3 is 6.18 Å². The van der Waals surface area contributed by atoms with Gasteiger partial charge in [-0.15, -0.1) is 0 Å². The number of hydrogen-bond donors (Lipinski definition) is 4. The highest BCUT2D eigenvalue weighted by Gasteiger charge is 2.61. The zero-order chi connectivity index (χ0) is 22.6. The Morgan fingerprint density at radius 2 is 2.00 bits per heavy atom. The number of allylic oxidation sites excluding steroid dienone is 1. The fourth-order valence-electron chi connectivity index (χ4n) is 4.03. The number of aromatic amines is 1. The van der Waals surface area contributed by atoms with Crippen LogP contribution in [-0.2, 0) is 0 Å². The van der Waals surface area contributed by atoms with Crippen molar-refractivity contribution in [2.24, 2.45) is 0 Å². The molecule has 1 aromatic heterocycles. The van der Waals surface area contributed by atoms with Crippen LogP contribution in [0.4, 0.5) is 18.9 Å². The molecule has 9 heteroatoms. The largest absolute Gasteiger partial charge is 0.506 e. The molecule has 1 aliphatic rings. The van der Waals surface area contributed by atoms with E-state index in [0.717, 1.165) is 0 Å². The van der Waals surface area contributed by atoms with Gasteiger partial charge in [0, 0.05) is 23.6 Å². The molecule has 4 rings (SSSR count). The molecule has 4 N–H and O–H groups in total. The number of benzene rings is 2. The average molecular weight is 451 g/mol. The number of rotatable bonds is 2. The van der Waals surface area contributed by atoms with Gasteiger partial charge in [0.05, 0.1) is 16.6 Å². The summed E-state index contributed by atoms with van der Waals surface area (Å²) in [5.41, 5.74) is -2.07. The zero-order valence-electron chi connectivity index (χ0n) is 16.2. The number of aliphatic hydroxyl groups is 1. The second-order valence-corrected chi connectivity index (χ2v) is 7.88. The van der Waals surface area contributed by atoms with Gasteiger partial charge in [0.15, 0.2) is 5.60 Å². The predicted molar refractivity (Wildman–Crippen MR) is 113 cm³/mol. The van der Waals surface area contributed by atoms with Crippen LogP contribution in [0.2, 0.25) is 5.02 Å². The maximum absolute atomic E-state index is 14.2. The second kappa shape index (κ2) is 7.32. The van der Waals surface area contributed by atoms with Crippen LogP contribution in [0.5, 0.6) is 5.75 Å². The van der Waals surface area contributed by atoms with Crippen molar-refractivity contribution in [1.29, 1.82) is 0 Å². The lowest BCUT2D eigenvalue weighted by Crippen LogP contribution is -2.54. The lowest BCUT2D eigenvalue weighted by atomic mass is 9.73. The van der Waals surface area contributed by atoms with Gasteiger partial charge in [-0.1, -0.05) is 23.7 Å². The third kappa shape index (κ3) is 3.45. The quantitative estimate of drug-likeness (QED) is 0.435. The van der Waals surface area contributed by atoms with Gasteiger partial charge in [0.2, 0.25) is 5.56 Å². The molecule has 1 heterocycles. The fraction of sp³-hybridized carbons (Fsp3) is 0.227. The third-order valence-electron chi connectivity index (χ3n) is 5.62. The molecular formula is C22H18ClF3N2O3. The van der Waals surface area contributed by atoms with E-state index in [1.165, 1.54) is 30.3 Å². The SMILES string of the molecule is C/C=C1\CC(O)(C(F)(F)F)C(Nc2cccc3[nH]c(=O)ccc23)c2cc(Cl)c(O)cc21. The predicted octanol–water partition coefficient (Wildman–Crippen LogP) is 5.14. The summed E-state index contributed by atoms with van der Waals surface area (Å²) in [6.45, 7) is 1.57. The second-order valence-electron chi connectivity index (χ2n) is 7.47.